The smallest absolute Gasteiger partial charge is 0.337 e. The van der Waals surface area contributed by atoms with Gasteiger partial charge in [0.15, 0.2) is 0 Å². The fraction of sp³-hybridized carbons (Fsp3) is 0.462. The average molecular weight is 263 g/mol. The van der Waals surface area contributed by atoms with Gasteiger partial charge in [0.2, 0.25) is 0 Å². The molecule has 0 aliphatic carbocycles. The largest absolute Gasteiger partial charge is 0.478 e. The van der Waals surface area contributed by atoms with Crippen LogP contribution in [0.3, 0.4) is 0 Å². The Morgan fingerprint density at radius 2 is 2.05 bits per heavy atom. The summed E-state index contributed by atoms with van der Waals surface area (Å²) in [5.41, 5.74) is 0.741. The van der Waals surface area contributed by atoms with Crippen LogP contribution in [0.5, 0.6) is 0 Å². The van der Waals surface area contributed by atoms with Crippen LogP contribution in [0.2, 0.25) is 0 Å². The third-order valence-corrected chi connectivity index (χ3v) is 3.22. The van der Waals surface area contributed by atoms with E-state index in [2.05, 4.69) is 15.6 Å². The Labute approximate surface area is 111 Å². The Morgan fingerprint density at radius 3 is 2.63 bits per heavy atom. The van der Waals surface area contributed by atoms with Gasteiger partial charge in [-0.2, -0.15) is 0 Å². The minimum atomic E-state index is -1.03. The standard InChI is InChI=1S/C13H17N3O3/c1-8-10(13(18)19)2-3-11(15-8)12(17)16-9-4-6-14-7-5-9/h2-3,9,14H,4-7H2,1H3,(H,16,17)(H,18,19). The van der Waals surface area contributed by atoms with E-state index in [9.17, 15) is 9.59 Å². The minimum Gasteiger partial charge on any atom is -0.478 e. The quantitative estimate of drug-likeness (QED) is 0.741. The number of aryl methyl sites for hydroxylation is 1. The Kier molecular flexibility index (Phi) is 4.11. The monoisotopic (exact) mass is 263 g/mol. The number of carboxylic acids is 1. The van der Waals surface area contributed by atoms with Crippen LogP contribution in [-0.2, 0) is 0 Å². The maximum absolute atomic E-state index is 12.0. The molecular formula is C13H17N3O3. The third-order valence-electron chi connectivity index (χ3n) is 3.22. The second kappa shape index (κ2) is 5.79. The lowest BCUT2D eigenvalue weighted by molar-refractivity contribution is 0.0694. The number of carbonyl (C=O) groups is 2. The third kappa shape index (κ3) is 3.29. The van der Waals surface area contributed by atoms with E-state index in [1.165, 1.54) is 12.1 Å². The zero-order chi connectivity index (χ0) is 13.8. The number of amides is 1. The van der Waals surface area contributed by atoms with Crippen molar-refractivity contribution >= 4 is 11.9 Å². The van der Waals surface area contributed by atoms with Crippen molar-refractivity contribution < 1.29 is 14.7 Å². The SMILES string of the molecule is Cc1nc(C(=O)NC2CCNCC2)ccc1C(=O)O. The molecule has 0 spiro atoms. The summed E-state index contributed by atoms with van der Waals surface area (Å²) in [6.45, 7) is 3.38. The molecule has 6 heteroatoms. The summed E-state index contributed by atoms with van der Waals surface area (Å²) in [4.78, 5) is 26.9. The van der Waals surface area contributed by atoms with Gasteiger partial charge in [0.05, 0.1) is 11.3 Å². The lowest BCUT2D eigenvalue weighted by Crippen LogP contribution is -2.43. The van der Waals surface area contributed by atoms with E-state index in [0.717, 1.165) is 25.9 Å². The summed E-state index contributed by atoms with van der Waals surface area (Å²) < 4.78 is 0. The van der Waals surface area contributed by atoms with Gasteiger partial charge in [-0.3, -0.25) is 4.79 Å². The van der Waals surface area contributed by atoms with Gasteiger partial charge in [0, 0.05) is 6.04 Å². The van der Waals surface area contributed by atoms with Crippen LogP contribution in [0.4, 0.5) is 0 Å². The first-order valence-corrected chi connectivity index (χ1v) is 6.30. The molecule has 1 aromatic rings. The van der Waals surface area contributed by atoms with Gasteiger partial charge in [-0.15, -0.1) is 0 Å². The van der Waals surface area contributed by atoms with Crippen molar-refractivity contribution in [2.45, 2.75) is 25.8 Å². The van der Waals surface area contributed by atoms with Gasteiger partial charge in [-0.25, -0.2) is 9.78 Å². The number of aromatic carboxylic acids is 1. The van der Waals surface area contributed by atoms with E-state index >= 15 is 0 Å². The first kappa shape index (κ1) is 13.5. The van der Waals surface area contributed by atoms with Crippen LogP contribution < -0.4 is 10.6 Å². The molecule has 0 aromatic carbocycles. The van der Waals surface area contributed by atoms with Crippen molar-refractivity contribution in [2.75, 3.05) is 13.1 Å². The van der Waals surface area contributed by atoms with Crippen molar-refractivity contribution in [3.8, 4) is 0 Å². The topological polar surface area (TPSA) is 91.3 Å². The molecule has 6 nitrogen and oxygen atoms in total. The average Bonchev–Trinajstić information content (AvgIpc) is 2.39. The number of nitrogens with one attached hydrogen (secondary N) is 2. The van der Waals surface area contributed by atoms with E-state index in [1.54, 1.807) is 6.92 Å². The maximum atomic E-state index is 12.0. The van der Waals surface area contributed by atoms with Crippen LogP contribution >= 0.6 is 0 Å². The number of rotatable bonds is 3. The highest BCUT2D eigenvalue weighted by Gasteiger charge is 2.18. The van der Waals surface area contributed by atoms with Gasteiger partial charge >= 0.3 is 5.97 Å². The van der Waals surface area contributed by atoms with E-state index < -0.39 is 5.97 Å². The molecule has 0 unspecified atom stereocenters. The second-order valence-corrected chi connectivity index (χ2v) is 4.63. The molecule has 1 aliphatic rings. The summed E-state index contributed by atoms with van der Waals surface area (Å²) in [6, 6.07) is 3.03. The summed E-state index contributed by atoms with van der Waals surface area (Å²) in [6.07, 6.45) is 1.80. The van der Waals surface area contributed by atoms with Gasteiger partial charge in [0.1, 0.15) is 5.69 Å². The zero-order valence-corrected chi connectivity index (χ0v) is 10.8. The Hall–Kier alpha value is -1.95. The molecular weight excluding hydrogens is 246 g/mol. The number of aromatic nitrogens is 1. The number of piperidine rings is 1. The highest BCUT2D eigenvalue weighted by molar-refractivity contribution is 5.94. The molecule has 19 heavy (non-hydrogen) atoms. The second-order valence-electron chi connectivity index (χ2n) is 4.63. The van der Waals surface area contributed by atoms with Crippen LogP contribution in [-0.4, -0.2) is 41.1 Å². The van der Waals surface area contributed by atoms with Gasteiger partial charge in [0.25, 0.3) is 5.91 Å². The van der Waals surface area contributed by atoms with E-state index in [-0.39, 0.29) is 23.2 Å². The molecule has 0 atom stereocenters. The predicted molar refractivity (Wildman–Crippen MR) is 69.3 cm³/mol. The molecule has 0 radical (unpaired) electrons. The Balaban J connectivity index is 2.06. The molecule has 3 N–H and O–H groups in total. The van der Waals surface area contributed by atoms with Gasteiger partial charge in [-0.1, -0.05) is 0 Å². The van der Waals surface area contributed by atoms with E-state index in [4.69, 9.17) is 5.11 Å². The van der Waals surface area contributed by atoms with Gasteiger partial charge < -0.3 is 15.7 Å². The van der Waals surface area contributed by atoms with Crippen molar-refractivity contribution in [1.29, 1.82) is 0 Å². The highest BCUT2D eigenvalue weighted by Crippen LogP contribution is 2.08. The van der Waals surface area contributed by atoms with Crippen molar-refractivity contribution in [2.24, 2.45) is 0 Å². The molecule has 102 valence electrons. The first-order chi connectivity index (χ1) is 9.08. The number of carboxylic acid groups (broad SMARTS) is 1. The van der Waals surface area contributed by atoms with Crippen LogP contribution in [0.1, 0.15) is 39.4 Å². The number of pyridine rings is 1. The fourth-order valence-electron chi connectivity index (χ4n) is 2.14. The normalized spacial score (nSPS) is 16.1. The summed E-state index contributed by atoms with van der Waals surface area (Å²) >= 11 is 0. The molecule has 1 fully saturated rings. The lowest BCUT2D eigenvalue weighted by Gasteiger charge is -2.23. The van der Waals surface area contributed by atoms with Gasteiger partial charge in [-0.05, 0) is 45.0 Å². The Morgan fingerprint density at radius 1 is 1.37 bits per heavy atom. The molecule has 0 bridgehead atoms. The summed E-state index contributed by atoms with van der Waals surface area (Å²) in [7, 11) is 0. The number of hydrogen-bond acceptors (Lipinski definition) is 4. The molecule has 1 amide bonds. The molecule has 0 saturated carbocycles. The maximum Gasteiger partial charge on any atom is 0.337 e. The van der Waals surface area contributed by atoms with Crippen LogP contribution in [0.15, 0.2) is 12.1 Å². The predicted octanol–water partition coefficient (Wildman–Crippen LogP) is 0.570. The fourth-order valence-corrected chi connectivity index (χ4v) is 2.14. The summed E-state index contributed by atoms with van der Waals surface area (Å²) in [5, 5.41) is 15.1. The zero-order valence-electron chi connectivity index (χ0n) is 10.8. The van der Waals surface area contributed by atoms with Crippen molar-refractivity contribution in [1.82, 2.24) is 15.6 Å². The molecule has 2 heterocycles. The lowest BCUT2D eigenvalue weighted by atomic mass is 10.1. The Bertz CT molecular complexity index is 496. The molecule has 1 saturated heterocycles. The first-order valence-electron chi connectivity index (χ1n) is 6.30. The number of carbonyl (C=O) groups excluding carboxylic acids is 1. The van der Waals surface area contributed by atoms with Crippen LogP contribution in [0.25, 0.3) is 0 Å². The molecule has 1 aromatic heterocycles. The van der Waals surface area contributed by atoms with E-state index in [0.29, 0.717) is 5.69 Å². The minimum absolute atomic E-state index is 0.124. The molecule has 1 aliphatic heterocycles. The van der Waals surface area contributed by atoms with Crippen molar-refractivity contribution in [3.05, 3.63) is 29.1 Å². The van der Waals surface area contributed by atoms with Crippen molar-refractivity contribution in [3.63, 3.8) is 0 Å². The summed E-state index contributed by atoms with van der Waals surface area (Å²) in [5.74, 6) is -1.28. The number of nitrogens with zero attached hydrogens (tertiary/aromatic N) is 1. The highest BCUT2D eigenvalue weighted by atomic mass is 16.4. The molecule has 2 rings (SSSR count). The van der Waals surface area contributed by atoms with E-state index in [1.807, 2.05) is 0 Å². The number of hydrogen-bond donors (Lipinski definition) is 3. The van der Waals surface area contributed by atoms with Crippen LogP contribution in [0, 0.1) is 6.92 Å².